The van der Waals surface area contributed by atoms with Gasteiger partial charge in [0.15, 0.2) is 0 Å². The molecule has 4 heteroatoms. The third-order valence-electron chi connectivity index (χ3n) is 6.58. The minimum atomic E-state index is 0.215. The van der Waals surface area contributed by atoms with Crippen molar-refractivity contribution in [3.8, 4) is 5.75 Å². The molecule has 1 amide bonds. The number of carbonyl (C=O) groups excluding carboxylic acids is 1. The van der Waals surface area contributed by atoms with Crippen LogP contribution < -0.4 is 4.74 Å². The van der Waals surface area contributed by atoms with Gasteiger partial charge in [-0.15, -0.1) is 0 Å². The van der Waals surface area contributed by atoms with Gasteiger partial charge in [-0.25, -0.2) is 0 Å². The average molecular weight is 407 g/mol. The monoisotopic (exact) mass is 406 g/mol. The summed E-state index contributed by atoms with van der Waals surface area (Å²) in [6.45, 7) is 5.48. The lowest BCUT2D eigenvalue weighted by molar-refractivity contribution is -0.130. The zero-order valence-electron chi connectivity index (χ0n) is 18.3. The van der Waals surface area contributed by atoms with Crippen LogP contribution in [0.4, 0.5) is 0 Å². The van der Waals surface area contributed by atoms with Crippen LogP contribution in [0.25, 0.3) is 0 Å². The van der Waals surface area contributed by atoms with Crippen molar-refractivity contribution in [2.75, 3.05) is 20.2 Å². The molecular formula is C26H34N2O2. The molecule has 0 aromatic heterocycles. The Balaban J connectivity index is 1.32. The van der Waals surface area contributed by atoms with Crippen LogP contribution in [-0.4, -0.2) is 41.9 Å². The summed E-state index contributed by atoms with van der Waals surface area (Å²) in [5.41, 5.74) is 4.13. The molecule has 30 heavy (non-hydrogen) atoms. The molecular weight excluding hydrogens is 372 g/mol. The normalized spacial score (nSPS) is 17.4. The maximum absolute atomic E-state index is 11.5. The standard InChI is InChI=1S/C26H34N2O2/c1-20(29)27-14-12-22(13-15-27)16-21-6-8-23(9-7-21)18-28(25-10-11-25)19-24-4-3-5-26(17-24)30-2/h3-9,17,22,25H,10-16,18-19H2,1-2H3. The molecule has 1 heterocycles. The van der Waals surface area contributed by atoms with Gasteiger partial charge in [-0.3, -0.25) is 9.69 Å². The van der Waals surface area contributed by atoms with E-state index in [9.17, 15) is 4.79 Å². The molecule has 2 aliphatic rings. The van der Waals surface area contributed by atoms with Crippen LogP contribution in [0.5, 0.6) is 5.75 Å². The Bertz CT molecular complexity index is 836. The molecule has 0 N–H and O–H groups in total. The number of rotatable bonds is 8. The zero-order valence-corrected chi connectivity index (χ0v) is 18.3. The van der Waals surface area contributed by atoms with Crippen molar-refractivity contribution >= 4 is 5.91 Å². The van der Waals surface area contributed by atoms with Crippen LogP contribution in [0.2, 0.25) is 0 Å². The fraction of sp³-hybridized carbons (Fsp3) is 0.500. The molecule has 160 valence electrons. The first kappa shape index (κ1) is 20.9. The Kier molecular flexibility index (Phi) is 6.73. The third-order valence-corrected chi connectivity index (χ3v) is 6.58. The van der Waals surface area contributed by atoms with Gasteiger partial charge in [-0.05, 0) is 66.8 Å². The number of hydrogen-bond acceptors (Lipinski definition) is 3. The lowest BCUT2D eigenvalue weighted by atomic mass is 9.90. The number of nitrogens with zero attached hydrogens (tertiary/aromatic N) is 2. The van der Waals surface area contributed by atoms with Gasteiger partial charge in [-0.1, -0.05) is 36.4 Å². The molecule has 0 atom stereocenters. The van der Waals surface area contributed by atoms with E-state index in [1.807, 2.05) is 11.0 Å². The Morgan fingerprint density at radius 1 is 0.967 bits per heavy atom. The van der Waals surface area contributed by atoms with E-state index < -0.39 is 0 Å². The predicted molar refractivity (Wildman–Crippen MR) is 120 cm³/mol. The van der Waals surface area contributed by atoms with Gasteiger partial charge in [-0.2, -0.15) is 0 Å². The maximum atomic E-state index is 11.5. The summed E-state index contributed by atoms with van der Waals surface area (Å²) in [5.74, 6) is 1.84. The molecule has 0 bridgehead atoms. The number of hydrogen-bond donors (Lipinski definition) is 0. The molecule has 0 unspecified atom stereocenters. The summed E-state index contributed by atoms with van der Waals surface area (Å²) in [7, 11) is 1.73. The van der Waals surface area contributed by atoms with Crippen molar-refractivity contribution in [1.29, 1.82) is 0 Å². The zero-order chi connectivity index (χ0) is 20.9. The van der Waals surface area contributed by atoms with Gasteiger partial charge in [0, 0.05) is 39.1 Å². The lowest BCUT2D eigenvalue weighted by Crippen LogP contribution is -2.37. The molecule has 2 aromatic rings. The van der Waals surface area contributed by atoms with E-state index in [0.29, 0.717) is 12.0 Å². The smallest absolute Gasteiger partial charge is 0.219 e. The highest BCUT2D eigenvalue weighted by Crippen LogP contribution is 2.30. The SMILES string of the molecule is COc1cccc(CN(Cc2ccc(CC3CCN(C(C)=O)CC3)cc2)C2CC2)c1. The van der Waals surface area contributed by atoms with Gasteiger partial charge < -0.3 is 9.64 Å². The van der Waals surface area contributed by atoms with Crippen molar-refractivity contribution in [1.82, 2.24) is 9.80 Å². The minimum Gasteiger partial charge on any atom is -0.497 e. The summed E-state index contributed by atoms with van der Waals surface area (Å²) in [5, 5.41) is 0. The second kappa shape index (κ2) is 9.65. The number of carbonyl (C=O) groups is 1. The van der Waals surface area contributed by atoms with Crippen molar-refractivity contribution in [2.24, 2.45) is 5.92 Å². The topological polar surface area (TPSA) is 32.8 Å². The summed E-state index contributed by atoms with van der Waals surface area (Å²) in [6, 6.07) is 18.4. The van der Waals surface area contributed by atoms with Crippen LogP contribution in [0.3, 0.4) is 0 Å². The number of likely N-dealkylation sites (tertiary alicyclic amines) is 1. The van der Waals surface area contributed by atoms with Gasteiger partial charge in [0.25, 0.3) is 0 Å². The summed E-state index contributed by atoms with van der Waals surface area (Å²) in [4.78, 5) is 16.1. The Morgan fingerprint density at radius 2 is 1.63 bits per heavy atom. The molecule has 2 aromatic carbocycles. The van der Waals surface area contributed by atoms with E-state index in [1.165, 1.54) is 29.5 Å². The van der Waals surface area contributed by atoms with E-state index in [1.54, 1.807) is 14.0 Å². The Hall–Kier alpha value is -2.33. The summed E-state index contributed by atoms with van der Waals surface area (Å²) >= 11 is 0. The first-order chi connectivity index (χ1) is 14.6. The number of methoxy groups -OCH3 is 1. The van der Waals surface area contributed by atoms with Crippen LogP contribution in [-0.2, 0) is 24.3 Å². The molecule has 4 rings (SSSR count). The summed E-state index contributed by atoms with van der Waals surface area (Å²) < 4.78 is 5.39. The van der Waals surface area contributed by atoms with Crippen molar-refractivity contribution in [3.63, 3.8) is 0 Å². The molecule has 2 fully saturated rings. The third kappa shape index (κ3) is 5.63. The first-order valence-electron chi connectivity index (χ1n) is 11.3. The molecule has 1 saturated carbocycles. The highest BCUT2D eigenvalue weighted by Gasteiger charge is 2.29. The maximum Gasteiger partial charge on any atom is 0.219 e. The summed E-state index contributed by atoms with van der Waals surface area (Å²) in [6.07, 6.45) is 5.98. The number of piperidine rings is 1. The van der Waals surface area contributed by atoms with E-state index in [0.717, 1.165) is 51.2 Å². The molecule has 1 saturated heterocycles. The Labute approximate surface area is 180 Å². The first-order valence-corrected chi connectivity index (χ1v) is 11.3. The molecule has 1 aliphatic carbocycles. The molecule has 0 spiro atoms. The van der Waals surface area contributed by atoms with Gasteiger partial charge >= 0.3 is 0 Å². The number of benzene rings is 2. The molecule has 4 nitrogen and oxygen atoms in total. The van der Waals surface area contributed by atoms with Gasteiger partial charge in [0.1, 0.15) is 5.75 Å². The molecule has 0 radical (unpaired) electrons. The van der Waals surface area contributed by atoms with Gasteiger partial charge in [0.05, 0.1) is 7.11 Å². The minimum absolute atomic E-state index is 0.215. The largest absolute Gasteiger partial charge is 0.497 e. The highest BCUT2D eigenvalue weighted by atomic mass is 16.5. The van der Waals surface area contributed by atoms with E-state index in [4.69, 9.17) is 4.74 Å². The fourth-order valence-electron chi connectivity index (χ4n) is 4.56. The van der Waals surface area contributed by atoms with Crippen LogP contribution in [0, 0.1) is 5.92 Å². The van der Waals surface area contributed by atoms with E-state index in [2.05, 4.69) is 47.4 Å². The van der Waals surface area contributed by atoms with Crippen LogP contribution in [0.1, 0.15) is 49.3 Å². The Morgan fingerprint density at radius 3 is 2.27 bits per heavy atom. The quantitative estimate of drug-likeness (QED) is 0.639. The van der Waals surface area contributed by atoms with Crippen molar-refractivity contribution in [3.05, 3.63) is 65.2 Å². The van der Waals surface area contributed by atoms with E-state index >= 15 is 0 Å². The number of amides is 1. The second-order valence-corrected chi connectivity index (χ2v) is 8.96. The van der Waals surface area contributed by atoms with Crippen molar-refractivity contribution in [2.45, 2.75) is 58.2 Å². The van der Waals surface area contributed by atoms with Crippen LogP contribution in [0.15, 0.2) is 48.5 Å². The van der Waals surface area contributed by atoms with Crippen molar-refractivity contribution < 1.29 is 9.53 Å². The predicted octanol–water partition coefficient (Wildman–Crippen LogP) is 4.66. The second-order valence-electron chi connectivity index (χ2n) is 8.96. The molecule has 1 aliphatic heterocycles. The van der Waals surface area contributed by atoms with Gasteiger partial charge in [0.2, 0.25) is 5.91 Å². The van der Waals surface area contributed by atoms with E-state index in [-0.39, 0.29) is 5.91 Å². The highest BCUT2D eigenvalue weighted by molar-refractivity contribution is 5.73. The number of ether oxygens (including phenoxy) is 1. The average Bonchev–Trinajstić information content (AvgIpc) is 3.61. The fourth-order valence-corrected chi connectivity index (χ4v) is 4.56. The van der Waals surface area contributed by atoms with Crippen LogP contribution >= 0.6 is 0 Å². The lowest BCUT2D eigenvalue weighted by Gasteiger charge is -2.31.